The molecular formula is C58H106N2O11. The lowest BCUT2D eigenvalue weighted by Gasteiger charge is -2.21. The maximum Gasteiger partial charge on any atom is 0.508 e. The Balaban J connectivity index is 2.73. The van der Waals surface area contributed by atoms with Gasteiger partial charge in [-0.15, -0.1) is 0 Å². The van der Waals surface area contributed by atoms with Crippen molar-refractivity contribution in [1.82, 2.24) is 10.2 Å². The van der Waals surface area contributed by atoms with E-state index < -0.39 is 36.5 Å². The van der Waals surface area contributed by atoms with Crippen LogP contribution in [0.1, 0.15) is 240 Å². The molecule has 0 radical (unpaired) electrons. The van der Waals surface area contributed by atoms with Crippen LogP contribution in [-0.4, -0.2) is 107 Å². The summed E-state index contributed by atoms with van der Waals surface area (Å²) in [4.78, 5) is 53.9. The van der Waals surface area contributed by atoms with Gasteiger partial charge in [-0.05, 0) is 90.1 Å². The Morgan fingerprint density at radius 2 is 0.986 bits per heavy atom. The van der Waals surface area contributed by atoms with Crippen molar-refractivity contribution in [3.8, 4) is 0 Å². The number of carbonyl (C=O) groups is 4. The van der Waals surface area contributed by atoms with E-state index in [4.69, 9.17) is 33.2 Å². The average molecular weight is 1010 g/mol. The lowest BCUT2D eigenvalue weighted by Crippen LogP contribution is -2.36. The molecule has 1 N–H and O–H groups in total. The van der Waals surface area contributed by atoms with Gasteiger partial charge in [0.1, 0.15) is 32.5 Å². The molecule has 1 aliphatic heterocycles. The van der Waals surface area contributed by atoms with Crippen LogP contribution in [-0.2, 0) is 42.7 Å². The van der Waals surface area contributed by atoms with Crippen molar-refractivity contribution in [2.24, 2.45) is 5.92 Å². The van der Waals surface area contributed by atoms with Crippen molar-refractivity contribution in [1.29, 1.82) is 0 Å². The van der Waals surface area contributed by atoms with Crippen LogP contribution in [0.15, 0.2) is 24.3 Å². The third-order valence-electron chi connectivity index (χ3n) is 12.9. The van der Waals surface area contributed by atoms with Crippen molar-refractivity contribution in [3.63, 3.8) is 0 Å². The molecule has 1 rings (SSSR count). The number of hydrogen-bond donors (Lipinski definition) is 1. The van der Waals surface area contributed by atoms with E-state index in [-0.39, 0.29) is 45.2 Å². The molecular weight excluding hydrogens is 901 g/mol. The summed E-state index contributed by atoms with van der Waals surface area (Å²) in [5.41, 5.74) is 0. The van der Waals surface area contributed by atoms with Gasteiger partial charge >= 0.3 is 24.2 Å². The minimum absolute atomic E-state index is 0.0887. The number of amides is 1. The smallest absolute Gasteiger partial charge is 0.465 e. The molecule has 1 aliphatic rings. The van der Waals surface area contributed by atoms with Crippen LogP contribution in [0.3, 0.4) is 0 Å². The maximum atomic E-state index is 13.1. The van der Waals surface area contributed by atoms with E-state index in [1.165, 1.54) is 89.9 Å². The summed E-state index contributed by atoms with van der Waals surface area (Å²) in [6.45, 7) is 12.7. The summed E-state index contributed by atoms with van der Waals surface area (Å²) in [5.74, 6) is -1.40. The number of esters is 2. The molecule has 71 heavy (non-hydrogen) atoms. The van der Waals surface area contributed by atoms with Crippen LogP contribution in [0.5, 0.6) is 0 Å². The van der Waals surface area contributed by atoms with E-state index in [0.717, 1.165) is 116 Å². The Kier molecular flexibility index (Phi) is 46.7. The summed E-state index contributed by atoms with van der Waals surface area (Å²) >= 11 is 0. The van der Waals surface area contributed by atoms with Gasteiger partial charge in [0.05, 0.1) is 12.3 Å². The fourth-order valence-electron chi connectivity index (χ4n) is 8.31. The lowest BCUT2D eigenvalue weighted by atomic mass is 10.1. The Labute approximate surface area is 433 Å². The normalized spacial score (nSPS) is 13.8. The maximum absolute atomic E-state index is 13.1. The summed E-state index contributed by atoms with van der Waals surface area (Å²) in [6.07, 6.45) is 39.9. The fourth-order valence-corrected chi connectivity index (χ4v) is 8.31. The predicted molar refractivity (Wildman–Crippen MR) is 286 cm³/mol. The van der Waals surface area contributed by atoms with Crippen LogP contribution in [0.25, 0.3) is 0 Å². The molecule has 13 heteroatoms. The van der Waals surface area contributed by atoms with E-state index >= 15 is 0 Å². The summed E-state index contributed by atoms with van der Waals surface area (Å²) in [5, 5.41) is 2.83. The molecule has 2 unspecified atom stereocenters. The van der Waals surface area contributed by atoms with Gasteiger partial charge in [-0.2, -0.15) is 0 Å². The summed E-state index contributed by atoms with van der Waals surface area (Å²) < 4.78 is 40.2. The highest BCUT2D eigenvalue weighted by Crippen LogP contribution is 2.15. The fraction of sp³-hybridized carbons (Fsp3) is 0.862. The SMILES string of the molecule is CCCCC/C=C\C/C=C\CCCCCCCC(=O)OCC(COC(=O)CCC(OCCCCCCCC)OCCCCCCCC)COC(=O)OCC(CCCCCC)OC(=O)NCCN1CCCC1. The number of nitrogens with one attached hydrogen (secondary N) is 1. The van der Waals surface area contributed by atoms with Crippen molar-refractivity contribution in [2.45, 2.75) is 252 Å². The second-order valence-corrected chi connectivity index (χ2v) is 19.7. The number of rotatable bonds is 50. The second-order valence-electron chi connectivity index (χ2n) is 19.7. The Morgan fingerprint density at radius 1 is 0.507 bits per heavy atom. The zero-order valence-corrected chi connectivity index (χ0v) is 45.9. The summed E-state index contributed by atoms with van der Waals surface area (Å²) in [7, 11) is 0. The Hall–Kier alpha value is -3.16. The molecule has 0 spiro atoms. The standard InChI is InChI=1S/C58H106N2O11/c1-5-9-13-17-20-21-22-23-24-25-26-27-28-29-33-39-54(61)67-48-52(49-68-55(62)40-41-56(65-46-36-30-18-14-10-6-2)66-47-37-31-19-15-11-7-3)50-69-58(64)70-51-53(38-32-16-12-8-4)71-57(63)59-42-45-60-43-34-35-44-60/h20-21,23-24,52-53,56H,5-19,22,25-51H2,1-4H3,(H,59,63)/b21-20-,24-23-. The molecule has 2 atom stereocenters. The molecule has 0 aromatic heterocycles. The number of alkyl carbamates (subject to hydrolysis) is 1. The highest BCUT2D eigenvalue weighted by molar-refractivity contribution is 5.70. The number of likely N-dealkylation sites (tertiary alicyclic amines) is 1. The largest absolute Gasteiger partial charge is 0.508 e. The van der Waals surface area contributed by atoms with E-state index in [9.17, 15) is 19.2 Å². The molecule has 0 bridgehead atoms. The molecule has 1 fully saturated rings. The monoisotopic (exact) mass is 1010 g/mol. The minimum atomic E-state index is -0.942. The first-order valence-corrected chi connectivity index (χ1v) is 29.1. The number of carbonyl (C=O) groups excluding carboxylic acids is 4. The topological polar surface area (TPSA) is 148 Å². The Morgan fingerprint density at radius 3 is 1.59 bits per heavy atom. The van der Waals surface area contributed by atoms with E-state index in [2.05, 4.69) is 62.2 Å². The third-order valence-corrected chi connectivity index (χ3v) is 12.9. The molecule has 1 amide bonds. The van der Waals surface area contributed by atoms with Crippen molar-refractivity contribution in [3.05, 3.63) is 24.3 Å². The molecule has 0 aliphatic carbocycles. The van der Waals surface area contributed by atoms with Gasteiger partial charge in [0, 0.05) is 39.1 Å². The van der Waals surface area contributed by atoms with Crippen LogP contribution >= 0.6 is 0 Å². The predicted octanol–water partition coefficient (Wildman–Crippen LogP) is 14.7. The molecule has 0 aromatic rings. The quantitative estimate of drug-likeness (QED) is 0.0203. The van der Waals surface area contributed by atoms with Gasteiger partial charge in [-0.3, -0.25) is 9.59 Å². The first kappa shape index (κ1) is 65.9. The molecule has 0 aromatic carbocycles. The zero-order chi connectivity index (χ0) is 51.5. The van der Waals surface area contributed by atoms with E-state index in [0.29, 0.717) is 32.6 Å². The van der Waals surface area contributed by atoms with Gasteiger partial charge in [0.15, 0.2) is 6.29 Å². The minimum Gasteiger partial charge on any atom is -0.465 e. The number of allylic oxidation sites excluding steroid dienone is 4. The van der Waals surface area contributed by atoms with Crippen molar-refractivity contribution >= 4 is 24.2 Å². The van der Waals surface area contributed by atoms with Crippen LogP contribution in [0, 0.1) is 5.92 Å². The number of ether oxygens (including phenoxy) is 7. The van der Waals surface area contributed by atoms with Crippen LogP contribution in [0.4, 0.5) is 9.59 Å². The van der Waals surface area contributed by atoms with Crippen molar-refractivity contribution < 1.29 is 52.3 Å². The number of unbranched alkanes of at least 4 members (excludes halogenated alkanes) is 21. The molecule has 1 saturated heterocycles. The lowest BCUT2D eigenvalue weighted by molar-refractivity contribution is -0.161. The summed E-state index contributed by atoms with van der Waals surface area (Å²) in [6, 6.07) is 0. The van der Waals surface area contributed by atoms with Crippen LogP contribution < -0.4 is 5.32 Å². The molecule has 1 heterocycles. The molecule has 0 saturated carbocycles. The number of hydrogen-bond acceptors (Lipinski definition) is 12. The van der Waals surface area contributed by atoms with Gasteiger partial charge in [0.2, 0.25) is 0 Å². The highest BCUT2D eigenvalue weighted by atomic mass is 16.7. The molecule has 414 valence electrons. The zero-order valence-electron chi connectivity index (χ0n) is 45.9. The second kappa shape index (κ2) is 50.4. The van der Waals surface area contributed by atoms with Crippen LogP contribution in [0.2, 0.25) is 0 Å². The van der Waals surface area contributed by atoms with Gasteiger partial charge in [-0.1, -0.05) is 168 Å². The number of nitrogens with zero attached hydrogens (tertiary/aromatic N) is 1. The van der Waals surface area contributed by atoms with Gasteiger partial charge in [0.25, 0.3) is 0 Å². The van der Waals surface area contributed by atoms with Gasteiger partial charge in [-0.25, -0.2) is 9.59 Å². The van der Waals surface area contributed by atoms with Crippen molar-refractivity contribution in [2.75, 3.05) is 65.8 Å². The first-order valence-electron chi connectivity index (χ1n) is 29.1. The molecule has 13 nitrogen and oxygen atoms in total. The van der Waals surface area contributed by atoms with E-state index in [1.54, 1.807) is 0 Å². The highest BCUT2D eigenvalue weighted by Gasteiger charge is 2.22. The third kappa shape index (κ3) is 44.1. The Bertz CT molecular complexity index is 1290. The first-order chi connectivity index (χ1) is 34.8. The van der Waals surface area contributed by atoms with Gasteiger partial charge < -0.3 is 43.4 Å². The average Bonchev–Trinajstić information content (AvgIpc) is 3.89. The van der Waals surface area contributed by atoms with E-state index in [1.807, 2.05) is 0 Å².